The second kappa shape index (κ2) is 8.10. The van der Waals surface area contributed by atoms with Crippen LogP contribution in [0.1, 0.15) is 53.6 Å². The molecule has 1 heterocycles. The van der Waals surface area contributed by atoms with Crippen molar-refractivity contribution >= 4 is 45.8 Å². The first-order valence-electron chi connectivity index (χ1n) is 9.34. The Kier molecular flexibility index (Phi) is 5.96. The lowest BCUT2D eigenvalue weighted by Crippen LogP contribution is -2.27. The molecule has 0 fully saturated rings. The van der Waals surface area contributed by atoms with Crippen LogP contribution in [0.3, 0.4) is 0 Å². The van der Waals surface area contributed by atoms with Crippen LogP contribution in [0.4, 0.5) is 5.00 Å². The van der Waals surface area contributed by atoms with Crippen LogP contribution in [-0.4, -0.2) is 11.8 Å². The van der Waals surface area contributed by atoms with Gasteiger partial charge < -0.3 is 11.1 Å². The molecule has 0 saturated carbocycles. The van der Waals surface area contributed by atoms with Crippen molar-refractivity contribution in [3.05, 3.63) is 56.9 Å². The molecule has 3 rings (SSSR count). The standard InChI is InChI=1S/C22H25ClN2O2S/c1-22(2,3)14-7-10-16-17(12-14)28-21(19(16)20(24)27)25-18(26)11-6-13-4-8-15(23)9-5-13/h4-6,8-9,11,14H,7,10,12H2,1-3H3,(H2,24,27)(H,25,26)/b11-6+/t14-/m0/s1. The predicted molar refractivity (Wildman–Crippen MR) is 117 cm³/mol. The van der Waals surface area contributed by atoms with E-state index in [2.05, 4.69) is 26.1 Å². The quantitative estimate of drug-likeness (QED) is 0.663. The van der Waals surface area contributed by atoms with Gasteiger partial charge in [-0.05, 0) is 59.9 Å². The summed E-state index contributed by atoms with van der Waals surface area (Å²) >= 11 is 7.35. The predicted octanol–water partition coefficient (Wildman–Crippen LogP) is 5.30. The molecule has 28 heavy (non-hydrogen) atoms. The van der Waals surface area contributed by atoms with Gasteiger partial charge in [0.25, 0.3) is 5.91 Å². The fourth-order valence-corrected chi connectivity index (χ4v) is 5.03. The Bertz CT molecular complexity index is 923. The van der Waals surface area contributed by atoms with Crippen LogP contribution in [0.5, 0.6) is 0 Å². The normalized spacial score (nSPS) is 16.8. The number of hydrogen-bond donors (Lipinski definition) is 2. The molecule has 1 atom stereocenters. The van der Waals surface area contributed by atoms with Crippen LogP contribution >= 0.6 is 22.9 Å². The minimum Gasteiger partial charge on any atom is -0.365 e. The van der Waals surface area contributed by atoms with Gasteiger partial charge in [-0.2, -0.15) is 0 Å². The third kappa shape index (κ3) is 4.65. The topological polar surface area (TPSA) is 72.2 Å². The first-order chi connectivity index (χ1) is 13.1. The third-order valence-electron chi connectivity index (χ3n) is 5.27. The molecule has 0 radical (unpaired) electrons. The van der Waals surface area contributed by atoms with Crippen LogP contribution in [0, 0.1) is 11.3 Å². The van der Waals surface area contributed by atoms with Crippen LogP contribution < -0.4 is 11.1 Å². The zero-order valence-electron chi connectivity index (χ0n) is 16.3. The van der Waals surface area contributed by atoms with Gasteiger partial charge >= 0.3 is 0 Å². The van der Waals surface area contributed by atoms with E-state index in [1.807, 2.05) is 12.1 Å². The Morgan fingerprint density at radius 2 is 1.93 bits per heavy atom. The second-order valence-corrected chi connectivity index (χ2v) is 9.79. The molecule has 1 aromatic carbocycles. The number of carbonyl (C=O) groups is 2. The number of nitrogens with two attached hydrogens (primary N) is 1. The van der Waals surface area contributed by atoms with E-state index in [9.17, 15) is 9.59 Å². The van der Waals surface area contributed by atoms with Crippen molar-refractivity contribution in [1.29, 1.82) is 0 Å². The SMILES string of the molecule is CC(C)(C)[C@H]1CCc2c(sc(NC(=O)/C=C/c3ccc(Cl)cc3)c2C(N)=O)C1. The highest BCUT2D eigenvalue weighted by Crippen LogP contribution is 2.44. The summed E-state index contributed by atoms with van der Waals surface area (Å²) < 4.78 is 0. The van der Waals surface area contributed by atoms with Crippen LogP contribution in [0.2, 0.25) is 5.02 Å². The van der Waals surface area contributed by atoms with Crippen molar-refractivity contribution in [1.82, 2.24) is 0 Å². The molecule has 2 amide bonds. The molecule has 3 N–H and O–H groups in total. The number of primary amides is 1. The molecule has 0 saturated heterocycles. The Labute approximate surface area is 174 Å². The van der Waals surface area contributed by atoms with Crippen LogP contribution in [-0.2, 0) is 17.6 Å². The fourth-order valence-electron chi connectivity index (χ4n) is 3.57. The van der Waals surface area contributed by atoms with Gasteiger partial charge in [0.1, 0.15) is 5.00 Å². The van der Waals surface area contributed by atoms with E-state index in [0.29, 0.717) is 21.5 Å². The fraction of sp³-hybridized carbons (Fsp3) is 0.364. The number of benzene rings is 1. The molecule has 1 aliphatic rings. The molecule has 2 aromatic rings. The maximum absolute atomic E-state index is 12.4. The Balaban J connectivity index is 1.80. The average Bonchev–Trinajstić information content (AvgIpc) is 2.97. The van der Waals surface area contributed by atoms with E-state index < -0.39 is 5.91 Å². The van der Waals surface area contributed by atoms with Gasteiger partial charge in [-0.3, -0.25) is 9.59 Å². The molecule has 0 unspecified atom stereocenters. The second-order valence-electron chi connectivity index (χ2n) is 8.25. The van der Waals surface area contributed by atoms with Crippen LogP contribution in [0.15, 0.2) is 30.3 Å². The monoisotopic (exact) mass is 416 g/mol. The van der Waals surface area contributed by atoms with Crippen molar-refractivity contribution in [3.63, 3.8) is 0 Å². The molecular formula is C22H25ClN2O2S. The number of amides is 2. The first kappa shape index (κ1) is 20.6. The molecule has 1 aliphatic carbocycles. The number of hydrogen-bond acceptors (Lipinski definition) is 3. The van der Waals surface area contributed by atoms with Crippen molar-refractivity contribution in [2.45, 2.75) is 40.0 Å². The maximum atomic E-state index is 12.4. The lowest BCUT2D eigenvalue weighted by atomic mass is 9.72. The average molecular weight is 417 g/mol. The maximum Gasteiger partial charge on any atom is 0.251 e. The smallest absolute Gasteiger partial charge is 0.251 e. The minimum atomic E-state index is -0.483. The van der Waals surface area contributed by atoms with E-state index >= 15 is 0 Å². The number of fused-ring (bicyclic) bond motifs is 1. The van der Waals surface area contributed by atoms with E-state index in [-0.39, 0.29) is 11.3 Å². The number of nitrogens with one attached hydrogen (secondary N) is 1. The van der Waals surface area contributed by atoms with Gasteiger partial charge in [-0.15, -0.1) is 11.3 Å². The molecule has 6 heteroatoms. The summed E-state index contributed by atoms with van der Waals surface area (Å²) in [6.45, 7) is 6.74. The zero-order valence-corrected chi connectivity index (χ0v) is 17.9. The van der Waals surface area contributed by atoms with Crippen molar-refractivity contribution in [2.75, 3.05) is 5.32 Å². The molecular weight excluding hydrogens is 392 g/mol. The Morgan fingerprint density at radius 3 is 2.54 bits per heavy atom. The molecule has 1 aromatic heterocycles. The molecule has 4 nitrogen and oxygen atoms in total. The number of anilines is 1. The van der Waals surface area contributed by atoms with Crippen LogP contribution in [0.25, 0.3) is 6.08 Å². The van der Waals surface area contributed by atoms with E-state index in [4.69, 9.17) is 17.3 Å². The summed E-state index contributed by atoms with van der Waals surface area (Å²) in [4.78, 5) is 25.6. The summed E-state index contributed by atoms with van der Waals surface area (Å²) in [5, 5.41) is 4.05. The molecule has 0 bridgehead atoms. The van der Waals surface area contributed by atoms with Crippen molar-refractivity contribution in [2.24, 2.45) is 17.1 Å². The first-order valence-corrected chi connectivity index (χ1v) is 10.5. The number of thiophene rings is 1. The largest absolute Gasteiger partial charge is 0.365 e. The van der Waals surface area contributed by atoms with Gasteiger partial charge in [0.15, 0.2) is 0 Å². The number of halogens is 1. The van der Waals surface area contributed by atoms with Crippen molar-refractivity contribution in [3.8, 4) is 0 Å². The summed E-state index contributed by atoms with van der Waals surface area (Å²) in [5.74, 6) is -0.222. The molecule has 148 valence electrons. The number of carbonyl (C=O) groups excluding carboxylic acids is 2. The Hall–Kier alpha value is -2.11. The summed E-state index contributed by atoms with van der Waals surface area (Å²) in [5.41, 5.74) is 8.20. The highest BCUT2D eigenvalue weighted by molar-refractivity contribution is 7.17. The highest BCUT2D eigenvalue weighted by Gasteiger charge is 2.33. The summed E-state index contributed by atoms with van der Waals surface area (Å²) in [7, 11) is 0. The lowest BCUT2D eigenvalue weighted by Gasteiger charge is -2.33. The third-order valence-corrected chi connectivity index (χ3v) is 6.69. The summed E-state index contributed by atoms with van der Waals surface area (Å²) in [6.07, 6.45) is 5.92. The van der Waals surface area contributed by atoms with Gasteiger partial charge in [-0.25, -0.2) is 0 Å². The van der Waals surface area contributed by atoms with Gasteiger partial charge in [-0.1, -0.05) is 44.5 Å². The van der Waals surface area contributed by atoms with Gasteiger partial charge in [0.05, 0.1) is 5.56 Å². The molecule has 0 spiro atoms. The number of rotatable bonds is 4. The molecule has 0 aliphatic heterocycles. The minimum absolute atomic E-state index is 0.208. The zero-order chi connectivity index (χ0) is 20.5. The van der Waals surface area contributed by atoms with Gasteiger partial charge in [0.2, 0.25) is 5.91 Å². The van der Waals surface area contributed by atoms with E-state index in [1.54, 1.807) is 18.2 Å². The van der Waals surface area contributed by atoms with E-state index in [0.717, 1.165) is 35.3 Å². The highest BCUT2D eigenvalue weighted by atomic mass is 35.5. The van der Waals surface area contributed by atoms with Gasteiger partial charge in [0, 0.05) is 16.0 Å². The van der Waals surface area contributed by atoms with Crippen molar-refractivity contribution < 1.29 is 9.59 Å². The lowest BCUT2D eigenvalue weighted by molar-refractivity contribution is -0.111. The summed E-state index contributed by atoms with van der Waals surface area (Å²) in [6, 6.07) is 7.20. The van der Waals surface area contributed by atoms with E-state index in [1.165, 1.54) is 17.4 Å². The Morgan fingerprint density at radius 1 is 1.25 bits per heavy atom.